The highest BCUT2D eigenvalue weighted by molar-refractivity contribution is 7.92. The second kappa shape index (κ2) is 8.52. The third-order valence-electron chi connectivity index (χ3n) is 4.67. The molecule has 1 amide bonds. The predicted octanol–water partition coefficient (Wildman–Crippen LogP) is 1.86. The van der Waals surface area contributed by atoms with E-state index >= 15 is 0 Å². The van der Waals surface area contributed by atoms with Crippen LogP contribution in [-0.4, -0.2) is 52.9 Å². The topological polar surface area (TPSA) is 79.0 Å². The molecular formula is C20H25N3O4S. The van der Waals surface area contributed by atoms with Gasteiger partial charge in [0.15, 0.2) is 6.10 Å². The first-order valence-corrected chi connectivity index (χ1v) is 10.8. The van der Waals surface area contributed by atoms with Gasteiger partial charge in [0, 0.05) is 25.8 Å². The Kier molecular flexibility index (Phi) is 6.08. The van der Waals surface area contributed by atoms with Crippen LogP contribution in [-0.2, 0) is 14.8 Å². The number of carbonyl (C=O) groups excluding carboxylic acids is 1. The molecule has 0 saturated carbocycles. The van der Waals surface area contributed by atoms with E-state index in [-0.39, 0.29) is 18.2 Å². The summed E-state index contributed by atoms with van der Waals surface area (Å²) in [7, 11) is -1.56. The number of para-hydroxylation sites is 3. The fraction of sp³-hybridized carbons (Fsp3) is 0.350. The lowest BCUT2D eigenvalue weighted by Crippen LogP contribution is -2.51. The highest BCUT2D eigenvalue weighted by atomic mass is 32.2. The number of hydrogen-bond donors (Lipinski definition) is 1. The smallest absolute Gasteiger partial charge is 0.263 e. The molecule has 2 aromatic carbocycles. The number of benzene rings is 2. The lowest BCUT2D eigenvalue weighted by molar-refractivity contribution is -0.127. The number of nitrogens with one attached hydrogen (secondary N) is 1. The molecule has 1 unspecified atom stereocenters. The number of likely N-dealkylation sites (N-methyl/N-ethyl adjacent to an activating group) is 1. The molecule has 0 aromatic heterocycles. The van der Waals surface area contributed by atoms with Crippen molar-refractivity contribution in [1.29, 1.82) is 0 Å². The number of hydrogen-bond acceptors (Lipinski definition) is 5. The van der Waals surface area contributed by atoms with Crippen LogP contribution in [0.5, 0.6) is 5.75 Å². The zero-order valence-electron chi connectivity index (χ0n) is 16.0. The quantitative estimate of drug-likeness (QED) is 0.763. The van der Waals surface area contributed by atoms with Crippen molar-refractivity contribution in [1.82, 2.24) is 5.32 Å². The summed E-state index contributed by atoms with van der Waals surface area (Å²) in [6, 6.07) is 16.7. The average Bonchev–Trinajstić information content (AvgIpc) is 2.73. The summed E-state index contributed by atoms with van der Waals surface area (Å²) < 4.78 is 32.0. The average molecular weight is 404 g/mol. The summed E-state index contributed by atoms with van der Waals surface area (Å²) in [6.07, 6.45) is -0.891. The monoisotopic (exact) mass is 403 g/mol. The van der Waals surface area contributed by atoms with Gasteiger partial charge in [0.25, 0.3) is 5.91 Å². The minimum Gasteiger partial charge on any atom is -0.476 e. The maximum Gasteiger partial charge on any atom is 0.263 e. The van der Waals surface area contributed by atoms with Crippen molar-refractivity contribution >= 4 is 27.3 Å². The van der Waals surface area contributed by atoms with Crippen LogP contribution in [0.3, 0.4) is 0 Å². The largest absolute Gasteiger partial charge is 0.476 e. The zero-order valence-corrected chi connectivity index (χ0v) is 16.9. The van der Waals surface area contributed by atoms with E-state index < -0.39 is 16.1 Å². The summed E-state index contributed by atoms with van der Waals surface area (Å²) >= 11 is 0. The van der Waals surface area contributed by atoms with E-state index in [2.05, 4.69) is 5.32 Å². The second-order valence-electron chi connectivity index (χ2n) is 6.55. The number of amides is 1. The van der Waals surface area contributed by atoms with Crippen molar-refractivity contribution in [3.63, 3.8) is 0 Å². The second-order valence-corrected chi connectivity index (χ2v) is 8.74. The molecule has 28 heavy (non-hydrogen) atoms. The first kappa shape index (κ1) is 20.0. The first-order chi connectivity index (χ1) is 13.4. The van der Waals surface area contributed by atoms with Crippen LogP contribution in [0.25, 0.3) is 0 Å². The highest BCUT2D eigenvalue weighted by Gasteiger charge is 2.35. The highest BCUT2D eigenvalue weighted by Crippen LogP contribution is 2.35. The van der Waals surface area contributed by atoms with Crippen molar-refractivity contribution in [2.45, 2.75) is 13.0 Å². The molecule has 0 saturated heterocycles. The van der Waals surface area contributed by atoms with E-state index in [1.54, 1.807) is 31.2 Å². The Morgan fingerprint density at radius 1 is 1.18 bits per heavy atom. The van der Waals surface area contributed by atoms with Gasteiger partial charge in [-0.15, -0.1) is 0 Å². The Bertz CT molecular complexity index is 918. The van der Waals surface area contributed by atoms with Crippen LogP contribution in [0.1, 0.15) is 6.92 Å². The third kappa shape index (κ3) is 4.39. The van der Waals surface area contributed by atoms with Crippen LogP contribution < -0.4 is 19.3 Å². The molecule has 7 nitrogen and oxygen atoms in total. The molecular weight excluding hydrogens is 378 g/mol. The predicted molar refractivity (Wildman–Crippen MR) is 110 cm³/mol. The Morgan fingerprint density at radius 2 is 1.86 bits per heavy atom. The summed E-state index contributed by atoms with van der Waals surface area (Å²) in [5.74, 6) is 0.0250. The van der Waals surface area contributed by atoms with Crippen molar-refractivity contribution in [3.8, 4) is 5.75 Å². The number of carbonyl (C=O) groups is 1. The molecule has 3 rings (SSSR count). The Morgan fingerprint density at radius 3 is 2.57 bits per heavy atom. The molecule has 0 bridgehead atoms. The van der Waals surface area contributed by atoms with Gasteiger partial charge in [0.1, 0.15) is 5.75 Å². The maximum absolute atomic E-state index is 12.6. The number of sulfonamides is 1. The molecule has 0 spiro atoms. The van der Waals surface area contributed by atoms with E-state index in [4.69, 9.17) is 4.74 Å². The SMILES string of the molecule is CCS(=O)(=O)N1CC(C(=O)NCCN(C)c2ccccc2)Oc2ccccc21. The van der Waals surface area contributed by atoms with Crippen LogP contribution in [0.2, 0.25) is 0 Å². The van der Waals surface area contributed by atoms with E-state index in [1.807, 2.05) is 42.3 Å². The Balaban J connectivity index is 1.64. The maximum atomic E-state index is 12.6. The minimum absolute atomic E-state index is 0.0342. The number of rotatable bonds is 7. The van der Waals surface area contributed by atoms with Gasteiger partial charge in [-0.2, -0.15) is 0 Å². The Hall–Kier alpha value is -2.74. The standard InChI is InChI=1S/C20H25N3O4S/c1-3-28(25,26)23-15-19(27-18-12-8-7-11-17(18)23)20(24)21-13-14-22(2)16-9-5-4-6-10-16/h4-12,19H,3,13-15H2,1-2H3,(H,21,24). The normalized spacial score (nSPS) is 16.1. The molecule has 1 atom stereocenters. The molecule has 0 radical (unpaired) electrons. The molecule has 1 aliphatic rings. The van der Waals surface area contributed by atoms with Gasteiger partial charge in [-0.1, -0.05) is 30.3 Å². The number of nitrogens with zero attached hydrogens (tertiary/aromatic N) is 2. The van der Waals surface area contributed by atoms with Gasteiger partial charge in [-0.25, -0.2) is 8.42 Å². The van der Waals surface area contributed by atoms with Gasteiger partial charge < -0.3 is 15.0 Å². The summed E-state index contributed by atoms with van der Waals surface area (Å²) in [5, 5.41) is 2.85. The molecule has 150 valence electrons. The fourth-order valence-corrected chi connectivity index (χ4v) is 4.15. The van der Waals surface area contributed by atoms with Gasteiger partial charge in [0.05, 0.1) is 18.0 Å². The summed E-state index contributed by atoms with van der Waals surface area (Å²) in [4.78, 5) is 14.6. The fourth-order valence-electron chi connectivity index (χ4n) is 3.03. The van der Waals surface area contributed by atoms with E-state index in [1.165, 1.54) is 4.31 Å². The first-order valence-electron chi connectivity index (χ1n) is 9.22. The van der Waals surface area contributed by atoms with Crippen LogP contribution in [0.15, 0.2) is 54.6 Å². The van der Waals surface area contributed by atoms with Crippen LogP contribution in [0.4, 0.5) is 11.4 Å². The molecule has 1 N–H and O–H groups in total. The molecule has 8 heteroatoms. The van der Waals surface area contributed by atoms with Gasteiger partial charge in [-0.05, 0) is 31.2 Å². The molecule has 2 aromatic rings. The lowest BCUT2D eigenvalue weighted by Gasteiger charge is -2.34. The van der Waals surface area contributed by atoms with Crippen LogP contribution >= 0.6 is 0 Å². The minimum atomic E-state index is -3.51. The van der Waals surface area contributed by atoms with Gasteiger partial charge >= 0.3 is 0 Å². The number of ether oxygens (including phenoxy) is 1. The third-order valence-corrected chi connectivity index (χ3v) is 6.42. The molecule has 0 fully saturated rings. The van der Waals surface area contributed by atoms with Crippen molar-refractivity contribution < 1.29 is 17.9 Å². The van der Waals surface area contributed by atoms with Crippen molar-refractivity contribution in [2.75, 3.05) is 41.6 Å². The van der Waals surface area contributed by atoms with E-state index in [0.29, 0.717) is 24.5 Å². The summed E-state index contributed by atoms with van der Waals surface area (Å²) in [5.41, 5.74) is 1.53. The van der Waals surface area contributed by atoms with E-state index in [0.717, 1.165) is 5.69 Å². The van der Waals surface area contributed by atoms with Gasteiger partial charge in [-0.3, -0.25) is 9.10 Å². The van der Waals surface area contributed by atoms with E-state index in [9.17, 15) is 13.2 Å². The summed E-state index contributed by atoms with van der Waals surface area (Å²) in [6.45, 7) is 2.59. The van der Waals surface area contributed by atoms with Crippen molar-refractivity contribution in [3.05, 3.63) is 54.6 Å². The van der Waals surface area contributed by atoms with Crippen LogP contribution in [0, 0.1) is 0 Å². The number of fused-ring (bicyclic) bond motifs is 1. The van der Waals surface area contributed by atoms with Crippen molar-refractivity contribution in [2.24, 2.45) is 0 Å². The van der Waals surface area contributed by atoms with Gasteiger partial charge in [0.2, 0.25) is 10.0 Å². The Labute approximate surface area is 166 Å². The lowest BCUT2D eigenvalue weighted by atomic mass is 10.2. The molecule has 0 aliphatic carbocycles. The number of anilines is 2. The zero-order chi connectivity index (χ0) is 20.1. The molecule has 1 heterocycles. The molecule has 1 aliphatic heterocycles.